The van der Waals surface area contributed by atoms with Crippen molar-refractivity contribution >= 4 is 26.6 Å². The van der Waals surface area contributed by atoms with E-state index in [1.54, 1.807) is 36.7 Å². The summed E-state index contributed by atoms with van der Waals surface area (Å²) in [6, 6.07) is 18.5. The minimum atomic E-state index is -3.79. The van der Waals surface area contributed by atoms with Gasteiger partial charge in [0, 0.05) is 56.7 Å². The predicted molar refractivity (Wildman–Crippen MR) is 140 cm³/mol. The van der Waals surface area contributed by atoms with Gasteiger partial charge in [0.05, 0.1) is 17.8 Å². The van der Waals surface area contributed by atoms with Gasteiger partial charge in [-0.1, -0.05) is 36.4 Å². The highest BCUT2D eigenvalue weighted by Crippen LogP contribution is 2.25. The van der Waals surface area contributed by atoms with Gasteiger partial charge in [0.15, 0.2) is 0 Å². The molecule has 8 nitrogen and oxygen atoms in total. The van der Waals surface area contributed by atoms with Gasteiger partial charge in [-0.2, -0.15) is 5.06 Å². The summed E-state index contributed by atoms with van der Waals surface area (Å²) in [7, 11) is -3.79. The molecule has 5 rings (SSSR count). The van der Waals surface area contributed by atoms with Gasteiger partial charge in [-0.15, -0.1) is 0 Å². The topological polar surface area (TPSA) is 87.7 Å². The first-order chi connectivity index (χ1) is 17.5. The molecule has 186 valence electrons. The molecule has 1 N–H and O–H groups in total. The van der Waals surface area contributed by atoms with E-state index in [2.05, 4.69) is 25.7 Å². The molecule has 2 aromatic heterocycles. The Hall–Kier alpha value is -3.37. The minimum absolute atomic E-state index is 0.162. The van der Waals surface area contributed by atoms with E-state index < -0.39 is 10.0 Å². The standard InChI is InChI=1S/C27H29N5O3S/c1-21-17-22(20-35-32-15-13-31(14-16-32)19-23-5-3-11-28-18-23)9-10-25(21)30-36(33,34)26-8-2-6-24-7-4-12-29-27(24)26/h2-12,17-18,30H,13-16,19-20H2,1H3. The highest BCUT2D eigenvalue weighted by molar-refractivity contribution is 7.93. The Balaban J connectivity index is 1.17. The second-order valence-corrected chi connectivity index (χ2v) is 10.6. The lowest BCUT2D eigenvalue weighted by Crippen LogP contribution is -2.45. The molecule has 1 aliphatic heterocycles. The van der Waals surface area contributed by atoms with E-state index in [1.165, 1.54) is 5.56 Å². The van der Waals surface area contributed by atoms with E-state index in [-0.39, 0.29) is 4.90 Å². The van der Waals surface area contributed by atoms with Crippen LogP contribution in [0.1, 0.15) is 16.7 Å². The van der Waals surface area contributed by atoms with Crippen LogP contribution in [0.2, 0.25) is 0 Å². The molecular weight excluding hydrogens is 474 g/mol. The largest absolute Gasteiger partial charge is 0.296 e. The maximum absolute atomic E-state index is 13.1. The van der Waals surface area contributed by atoms with Crippen LogP contribution in [-0.2, 0) is 28.0 Å². The lowest BCUT2D eigenvalue weighted by molar-refractivity contribution is -0.186. The van der Waals surface area contributed by atoms with Crippen LogP contribution in [0.5, 0.6) is 0 Å². The molecule has 2 aromatic carbocycles. The molecule has 0 aliphatic carbocycles. The second kappa shape index (κ2) is 10.7. The Kier molecular flexibility index (Phi) is 7.24. The van der Waals surface area contributed by atoms with E-state index in [4.69, 9.17) is 4.84 Å². The van der Waals surface area contributed by atoms with Gasteiger partial charge in [0.1, 0.15) is 4.90 Å². The fourth-order valence-corrected chi connectivity index (χ4v) is 5.67. The van der Waals surface area contributed by atoms with Gasteiger partial charge in [-0.05, 0) is 47.9 Å². The van der Waals surface area contributed by atoms with E-state index in [0.717, 1.165) is 49.2 Å². The molecule has 4 aromatic rings. The fraction of sp³-hybridized carbons (Fsp3) is 0.259. The van der Waals surface area contributed by atoms with Gasteiger partial charge in [0.25, 0.3) is 10.0 Å². The maximum Gasteiger partial charge on any atom is 0.264 e. The van der Waals surface area contributed by atoms with Gasteiger partial charge in [0.2, 0.25) is 0 Å². The number of piperazine rings is 1. The van der Waals surface area contributed by atoms with Crippen molar-refractivity contribution in [3.05, 3.63) is 95.9 Å². The van der Waals surface area contributed by atoms with E-state index in [1.807, 2.05) is 48.5 Å². The second-order valence-electron chi connectivity index (χ2n) is 8.93. The molecular formula is C27H29N5O3S. The molecule has 0 radical (unpaired) electrons. The van der Waals surface area contributed by atoms with Crippen LogP contribution in [-0.4, -0.2) is 54.5 Å². The smallest absolute Gasteiger partial charge is 0.264 e. The molecule has 1 fully saturated rings. The summed E-state index contributed by atoms with van der Waals surface area (Å²) in [6.45, 7) is 6.73. The number of aryl methyl sites for hydroxylation is 1. The number of hydroxylamine groups is 2. The molecule has 0 atom stereocenters. The number of sulfonamides is 1. The van der Waals surface area contributed by atoms with Crippen molar-refractivity contribution in [1.82, 2.24) is 19.9 Å². The number of nitrogens with one attached hydrogen (secondary N) is 1. The first-order valence-electron chi connectivity index (χ1n) is 11.9. The fourth-order valence-electron chi connectivity index (χ4n) is 4.36. The molecule has 0 saturated carbocycles. The van der Waals surface area contributed by atoms with Gasteiger partial charge < -0.3 is 0 Å². The lowest BCUT2D eigenvalue weighted by Gasteiger charge is -2.33. The third kappa shape index (κ3) is 5.71. The Morgan fingerprint density at radius 2 is 1.75 bits per heavy atom. The van der Waals surface area contributed by atoms with Crippen LogP contribution >= 0.6 is 0 Å². The first kappa shape index (κ1) is 24.3. The van der Waals surface area contributed by atoms with Crippen molar-refractivity contribution in [2.24, 2.45) is 0 Å². The molecule has 0 amide bonds. The predicted octanol–water partition coefficient (Wildman–Crippen LogP) is 3.99. The average molecular weight is 504 g/mol. The van der Waals surface area contributed by atoms with Crippen molar-refractivity contribution < 1.29 is 13.3 Å². The summed E-state index contributed by atoms with van der Waals surface area (Å²) in [5, 5.41) is 2.78. The maximum atomic E-state index is 13.1. The number of nitrogens with zero attached hydrogens (tertiary/aromatic N) is 4. The highest BCUT2D eigenvalue weighted by atomic mass is 32.2. The summed E-state index contributed by atoms with van der Waals surface area (Å²) < 4.78 is 29.0. The Morgan fingerprint density at radius 1 is 0.944 bits per heavy atom. The van der Waals surface area contributed by atoms with E-state index >= 15 is 0 Å². The quantitative estimate of drug-likeness (QED) is 0.389. The van der Waals surface area contributed by atoms with E-state index in [0.29, 0.717) is 17.8 Å². The summed E-state index contributed by atoms with van der Waals surface area (Å²) in [5.74, 6) is 0. The summed E-state index contributed by atoms with van der Waals surface area (Å²) in [6.07, 6.45) is 5.30. The Morgan fingerprint density at radius 3 is 2.53 bits per heavy atom. The zero-order chi connectivity index (χ0) is 25.0. The van der Waals surface area contributed by atoms with Gasteiger partial charge >= 0.3 is 0 Å². The zero-order valence-electron chi connectivity index (χ0n) is 20.2. The number of fused-ring (bicyclic) bond motifs is 1. The SMILES string of the molecule is Cc1cc(CON2CCN(Cc3cccnc3)CC2)ccc1NS(=O)(=O)c1cccc2cccnc12. The van der Waals surface area contributed by atoms with Crippen LogP contribution < -0.4 is 4.72 Å². The number of anilines is 1. The van der Waals surface area contributed by atoms with Crippen molar-refractivity contribution in [1.29, 1.82) is 0 Å². The normalized spacial score (nSPS) is 15.2. The third-order valence-electron chi connectivity index (χ3n) is 6.29. The molecule has 3 heterocycles. The number of benzene rings is 2. The number of para-hydroxylation sites is 1. The van der Waals surface area contributed by atoms with Crippen molar-refractivity contribution in [2.75, 3.05) is 30.9 Å². The summed E-state index contributed by atoms with van der Waals surface area (Å²) in [4.78, 5) is 17.0. The van der Waals surface area contributed by atoms with Crippen LogP contribution in [0.3, 0.4) is 0 Å². The zero-order valence-corrected chi connectivity index (χ0v) is 21.0. The Labute approximate surface area is 211 Å². The molecule has 36 heavy (non-hydrogen) atoms. The van der Waals surface area contributed by atoms with Crippen molar-refractivity contribution in [3.8, 4) is 0 Å². The minimum Gasteiger partial charge on any atom is -0.296 e. The lowest BCUT2D eigenvalue weighted by atomic mass is 10.1. The molecule has 0 spiro atoms. The average Bonchev–Trinajstić information content (AvgIpc) is 2.90. The van der Waals surface area contributed by atoms with Crippen LogP contribution in [0, 0.1) is 6.92 Å². The number of aromatic nitrogens is 2. The number of pyridine rings is 2. The summed E-state index contributed by atoms with van der Waals surface area (Å²) in [5.41, 5.74) is 4.02. The van der Waals surface area contributed by atoms with Gasteiger partial charge in [-0.3, -0.25) is 24.4 Å². The van der Waals surface area contributed by atoms with Crippen LogP contribution in [0.15, 0.2) is 84.1 Å². The third-order valence-corrected chi connectivity index (χ3v) is 7.69. The molecule has 1 aliphatic rings. The van der Waals surface area contributed by atoms with E-state index in [9.17, 15) is 8.42 Å². The highest BCUT2D eigenvalue weighted by Gasteiger charge is 2.20. The molecule has 0 unspecified atom stereocenters. The van der Waals surface area contributed by atoms with Crippen molar-refractivity contribution in [3.63, 3.8) is 0 Å². The van der Waals surface area contributed by atoms with Crippen LogP contribution in [0.25, 0.3) is 10.9 Å². The Bertz CT molecular complexity index is 1430. The molecule has 1 saturated heterocycles. The number of rotatable bonds is 8. The van der Waals surface area contributed by atoms with Crippen molar-refractivity contribution in [2.45, 2.75) is 25.0 Å². The van der Waals surface area contributed by atoms with Crippen LogP contribution in [0.4, 0.5) is 5.69 Å². The number of hydrogen-bond acceptors (Lipinski definition) is 7. The molecule has 0 bridgehead atoms. The summed E-state index contributed by atoms with van der Waals surface area (Å²) >= 11 is 0. The first-order valence-corrected chi connectivity index (χ1v) is 13.4. The molecule has 9 heteroatoms. The number of hydrogen-bond donors (Lipinski definition) is 1. The monoisotopic (exact) mass is 503 g/mol. The van der Waals surface area contributed by atoms with Gasteiger partial charge in [-0.25, -0.2) is 8.42 Å².